The van der Waals surface area contributed by atoms with Crippen LogP contribution in [0.1, 0.15) is 38.5 Å². The lowest BCUT2D eigenvalue weighted by molar-refractivity contribution is -0.177. The molecule has 5 rings (SSSR count). The normalized spacial score (nSPS) is 49.7. The predicted molar refractivity (Wildman–Crippen MR) is 72.9 cm³/mol. The lowest BCUT2D eigenvalue weighted by Gasteiger charge is -2.57. The van der Waals surface area contributed by atoms with Crippen molar-refractivity contribution in [2.45, 2.75) is 56.3 Å². The number of aliphatic hydroxyl groups is 1. The third-order valence-corrected chi connectivity index (χ3v) is 5.87. The Morgan fingerprint density at radius 3 is 2.50 bits per heavy atom. The third kappa shape index (κ3) is 2.02. The summed E-state index contributed by atoms with van der Waals surface area (Å²) in [6, 6.07) is 0.0989. The molecular weight excluding hydrogens is 256 g/mol. The second-order valence-corrected chi connectivity index (χ2v) is 7.54. The summed E-state index contributed by atoms with van der Waals surface area (Å²) in [6.45, 7) is 1.34. The van der Waals surface area contributed by atoms with Gasteiger partial charge in [0.25, 0.3) is 0 Å². The smallest absolute Gasteiger partial charge is 0.410 e. The van der Waals surface area contributed by atoms with E-state index in [1.807, 2.05) is 0 Å². The van der Waals surface area contributed by atoms with E-state index in [4.69, 9.17) is 10.5 Å². The molecule has 5 aliphatic rings. The number of hydrogen-bond donors (Lipinski definition) is 2. The zero-order chi connectivity index (χ0) is 13.9. The Morgan fingerprint density at radius 1 is 1.25 bits per heavy atom. The van der Waals surface area contributed by atoms with Crippen LogP contribution in [0.4, 0.5) is 4.79 Å². The largest absolute Gasteiger partial charge is 0.446 e. The Balaban J connectivity index is 1.44. The predicted octanol–water partition coefficient (Wildman–Crippen LogP) is 1.10. The molecule has 1 aliphatic heterocycles. The van der Waals surface area contributed by atoms with Crippen molar-refractivity contribution in [1.82, 2.24) is 4.90 Å². The molecule has 3 atom stereocenters. The van der Waals surface area contributed by atoms with E-state index in [2.05, 4.69) is 0 Å². The molecule has 20 heavy (non-hydrogen) atoms. The zero-order valence-corrected chi connectivity index (χ0v) is 11.8. The van der Waals surface area contributed by atoms with E-state index in [-0.39, 0.29) is 18.2 Å². The lowest BCUT2D eigenvalue weighted by Crippen LogP contribution is -2.58. The molecule has 0 spiro atoms. The molecular formula is C15H24N2O3. The standard InChI is InChI=1S/C15H24N2O3/c16-12-1-2-17(8-12)14(18)20-13-10-3-9-4-11(13)7-15(19,5-9)6-10/h9-13,19H,1-8,16H2/t9?,10-,11-,12?,13?,15?/m1/s1. The maximum absolute atomic E-state index is 12.2. The Morgan fingerprint density at radius 2 is 1.95 bits per heavy atom. The molecule has 5 nitrogen and oxygen atoms in total. The summed E-state index contributed by atoms with van der Waals surface area (Å²) in [6.07, 6.45) is 5.54. The van der Waals surface area contributed by atoms with Crippen molar-refractivity contribution in [3.8, 4) is 0 Å². The number of rotatable bonds is 1. The Kier molecular flexibility index (Phi) is 2.80. The van der Waals surface area contributed by atoms with E-state index < -0.39 is 5.60 Å². The van der Waals surface area contributed by atoms with Gasteiger partial charge in [-0.1, -0.05) is 0 Å². The van der Waals surface area contributed by atoms with E-state index in [9.17, 15) is 9.90 Å². The topological polar surface area (TPSA) is 75.8 Å². The van der Waals surface area contributed by atoms with Crippen LogP contribution in [0.25, 0.3) is 0 Å². The molecule has 1 heterocycles. The van der Waals surface area contributed by atoms with Gasteiger partial charge in [-0.05, 0) is 56.3 Å². The van der Waals surface area contributed by atoms with Gasteiger partial charge in [-0.25, -0.2) is 4.79 Å². The molecule has 4 bridgehead atoms. The van der Waals surface area contributed by atoms with Gasteiger partial charge in [0.15, 0.2) is 0 Å². The number of amides is 1. The average molecular weight is 280 g/mol. The summed E-state index contributed by atoms with van der Waals surface area (Å²) in [7, 11) is 0. The highest BCUT2D eigenvalue weighted by Crippen LogP contribution is 2.56. The van der Waals surface area contributed by atoms with Gasteiger partial charge in [0.05, 0.1) is 5.60 Å². The van der Waals surface area contributed by atoms with E-state index in [1.165, 1.54) is 0 Å². The third-order valence-electron chi connectivity index (χ3n) is 5.87. The first-order valence-electron chi connectivity index (χ1n) is 7.96. The fourth-order valence-electron chi connectivity index (χ4n) is 5.27. The van der Waals surface area contributed by atoms with Gasteiger partial charge in [-0.3, -0.25) is 0 Å². The highest BCUT2D eigenvalue weighted by Gasteiger charge is 2.56. The maximum Gasteiger partial charge on any atom is 0.410 e. The van der Waals surface area contributed by atoms with Crippen molar-refractivity contribution < 1.29 is 14.6 Å². The van der Waals surface area contributed by atoms with Crippen molar-refractivity contribution in [3.05, 3.63) is 0 Å². The van der Waals surface area contributed by atoms with Crippen LogP contribution in [0.3, 0.4) is 0 Å². The molecule has 0 aromatic rings. The van der Waals surface area contributed by atoms with Gasteiger partial charge in [-0.2, -0.15) is 0 Å². The summed E-state index contributed by atoms with van der Waals surface area (Å²) >= 11 is 0. The summed E-state index contributed by atoms with van der Waals surface area (Å²) < 4.78 is 5.82. The van der Waals surface area contributed by atoms with E-state index >= 15 is 0 Å². The highest BCUT2D eigenvalue weighted by atomic mass is 16.6. The van der Waals surface area contributed by atoms with Crippen LogP contribution in [-0.2, 0) is 4.74 Å². The van der Waals surface area contributed by atoms with E-state index in [1.54, 1.807) is 4.90 Å². The number of nitrogens with zero attached hydrogens (tertiary/aromatic N) is 1. The number of carbonyl (C=O) groups excluding carboxylic acids is 1. The zero-order valence-electron chi connectivity index (χ0n) is 11.8. The van der Waals surface area contributed by atoms with Crippen LogP contribution in [-0.4, -0.2) is 46.9 Å². The van der Waals surface area contributed by atoms with Gasteiger partial charge in [0.2, 0.25) is 0 Å². The summed E-state index contributed by atoms with van der Waals surface area (Å²) in [5.74, 6) is 1.38. The van der Waals surface area contributed by atoms with Gasteiger partial charge < -0.3 is 20.5 Å². The monoisotopic (exact) mass is 280 g/mol. The van der Waals surface area contributed by atoms with Crippen LogP contribution >= 0.6 is 0 Å². The minimum Gasteiger partial charge on any atom is -0.446 e. The van der Waals surface area contributed by atoms with Gasteiger partial charge >= 0.3 is 6.09 Å². The van der Waals surface area contributed by atoms with E-state index in [0.717, 1.165) is 38.5 Å². The lowest BCUT2D eigenvalue weighted by atomic mass is 9.53. The average Bonchev–Trinajstić information content (AvgIpc) is 2.78. The first-order chi connectivity index (χ1) is 9.52. The molecule has 4 aliphatic carbocycles. The SMILES string of the molecule is NC1CCN(C(=O)OC2[C@@H]3CC4C[C@@H]2CC(O)(C4)C3)C1. The van der Waals surface area contributed by atoms with Crippen LogP contribution in [0.2, 0.25) is 0 Å². The molecule has 1 amide bonds. The van der Waals surface area contributed by atoms with Crippen LogP contribution in [0.15, 0.2) is 0 Å². The molecule has 112 valence electrons. The highest BCUT2D eigenvalue weighted by molar-refractivity contribution is 5.68. The number of carbonyl (C=O) groups is 1. The number of nitrogens with two attached hydrogens (primary N) is 1. The van der Waals surface area contributed by atoms with Crippen molar-refractivity contribution >= 4 is 6.09 Å². The number of likely N-dealkylation sites (tertiary alicyclic amines) is 1. The molecule has 0 radical (unpaired) electrons. The van der Waals surface area contributed by atoms with Crippen molar-refractivity contribution in [2.75, 3.05) is 13.1 Å². The summed E-state index contributed by atoms with van der Waals surface area (Å²) in [5.41, 5.74) is 5.38. The van der Waals surface area contributed by atoms with Crippen LogP contribution in [0.5, 0.6) is 0 Å². The van der Waals surface area contributed by atoms with Crippen molar-refractivity contribution in [3.63, 3.8) is 0 Å². The Labute approximate surface area is 119 Å². The van der Waals surface area contributed by atoms with Crippen LogP contribution < -0.4 is 5.73 Å². The molecule has 5 fully saturated rings. The molecule has 1 unspecified atom stereocenters. The second kappa shape index (κ2) is 4.34. The quantitative estimate of drug-likeness (QED) is 0.754. The molecule has 5 heteroatoms. The first kappa shape index (κ1) is 12.9. The number of hydrogen-bond acceptors (Lipinski definition) is 4. The summed E-state index contributed by atoms with van der Waals surface area (Å²) in [4.78, 5) is 14.0. The first-order valence-corrected chi connectivity index (χ1v) is 7.96. The van der Waals surface area contributed by atoms with Crippen LogP contribution in [0, 0.1) is 17.8 Å². The fraction of sp³-hybridized carbons (Fsp3) is 0.933. The summed E-state index contributed by atoms with van der Waals surface area (Å²) in [5, 5.41) is 10.5. The Bertz CT molecular complexity index is 411. The minimum atomic E-state index is -0.463. The molecule has 1 saturated heterocycles. The molecule has 3 N–H and O–H groups in total. The molecule has 0 aromatic heterocycles. The van der Waals surface area contributed by atoms with Crippen molar-refractivity contribution in [1.29, 1.82) is 0 Å². The molecule has 0 aromatic carbocycles. The van der Waals surface area contributed by atoms with E-state index in [0.29, 0.717) is 30.8 Å². The molecule has 4 saturated carbocycles. The van der Waals surface area contributed by atoms with Gasteiger partial charge in [0.1, 0.15) is 6.10 Å². The minimum absolute atomic E-state index is 0.0242. The maximum atomic E-state index is 12.2. The second-order valence-electron chi connectivity index (χ2n) is 7.54. The Hall–Kier alpha value is -0.810. The van der Waals surface area contributed by atoms with Gasteiger partial charge in [-0.15, -0.1) is 0 Å². The fourth-order valence-corrected chi connectivity index (χ4v) is 5.27. The van der Waals surface area contributed by atoms with Gasteiger partial charge in [0, 0.05) is 19.1 Å². The number of ether oxygens (including phenoxy) is 1. The van der Waals surface area contributed by atoms with Crippen molar-refractivity contribution in [2.24, 2.45) is 23.5 Å².